The first-order valence-corrected chi connectivity index (χ1v) is 8.89. The Morgan fingerprint density at radius 3 is 2.89 bits per heavy atom. The molecule has 0 N–H and O–H groups in total. The molecule has 6 nitrogen and oxygen atoms in total. The molecule has 0 saturated carbocycles. The maximum absolute atomic E-state index is 13.1. The molecule has 8 heteroatoms. The van der Waals surface area contributed by atoms with Crippen LogP contribution in [0.3, 0.4) is 0 Å². The summed E-state index contributed by atoms with van der Waals surface area (Å²) >= 11 is 0. The molecular weight excluding hydrogens is 354 g/mol. The molecular formula is C19H18F2N4O2. The fourth-order valence-corrected chi connectivity index (χ4v) is 3.41. The minimum absolute atomic E-state index is 0.0835. The van der Waals surface area contributed by atoms with Gasteiger partial charge in [0, 0.05) is 18.9 Å². The molecule has 2 atom stereocenters. The van der Waals surface area contributed by atoms with Crippen molar-refractivity contribution >= 4 is 11.6 Å². The normalized spacial score (nSPS) is 23.3. The van der Waals surface area contributed by atoms with E-state index in [2.05, 4.69) is 15.1 Å². The summed E-state index contributed by atoms with van der Waals surface area (Å²) in [6.45, 7) is 0.531. The predicted molar refractivity (Wildman–Crippen MR) is 93.1 cm³/mol. The molecule has 0 aromatic carbocycles. The highest BCUT2D eigenvalue weighted by Gasteiger charge is 2.29. The predicted octanol–water partition coefficient (Wildman–Crippen LogP) is 3.80. The number of hydrogen-bond donors (Lipinski definition) is 0. The molecule has 2 aliphatic rings. The van der Waals surface area contributed by atoms with Crippen molar-refractivity contribution in [1.82, 2.24) is 15.1 Å². The van der Waals surface area contributed by atoms with Gasteiger partial charge in [-0.05, 0) is 43.5 Å². The van der Waals surface area contributed by atoms with Gasteiger partial charge in [0.05, 0.1) is 17.8 Å². The lowest BCUT2D eigenvalue weighted by Crippen LogP contribution is -2.30. The summed E-state index contributed by atoms with van der Waals surface area (Å²) in [6.07, 6.45) is 8.15. The lowest BCUT2D eigenvalue weighted by Gasteiger charge is -2.20. The van der Waals surface area contributed by atoms with Crippen LogP contribution in [0.25, 0.3) is 0 Å². The Morgan fingerprint density at radius 1 is 1.26 bits per heavy atom. The minimum atomic E-state index is -0.579. The van der Waals surface area contributed by atoms with Crippen LogP contribution in [-0.4, -0.2) is 27.6 Å². The number of anilines is 1. The van der Waals surface area contributed by atoms with E-state index in [1.165, 1.54) is 24.4 Å². The summed E-state index contributed by atoms with van der Waals surface area (Å²) in [4.78, 5) is 22.4. The van der Waals surface area contributed by atoms with Gasteiger partial charge in [0.15, 0.2) is 5.82 Å². The van der Waals surface area contributed by atoms with Crippen molar-refractivity contribution in [3.63, 3.8) is 0 Å². The summed E-state index contributed by atoms with van der Waals surface area (Å²) in [5.74, 6) is -0.287. The zero-order valence-corrected chi connectivity index (χ0v) is 14.5. The van der Waals surface area contributed by atoms with Crippen LogP contribution in [0.2, 0.25) is 0 Å². The first-order valence-electron chi connectivity index (χ1n) is 8.89. The van der Waals surface area contributed by atoms with Gasteiger partial charge in [0.25, 0.3) is 0 Å². The van der Waals surface area contributed by atoms with E-state index in [9.17, 15) is 13.6 Å². The number of allylic oxidation sites excluding steroid dienone is 4. The van der Waals surface area contributed by atoms with Crippen LogP contribution in [-0.2, 0) is 4.79 Å². The van der Waals surface area contributed by atoms with Gasteiger partial charge in [-0.3, -0.25) is 4.79 Å². The van der Waals surface area contributed by atoms with E-state index in [0.717, 1.165) is 12.8 Å². The molecule has 0 spiro atoms. The van der Waals surface area contributed by atoms with Gasteiger partial charge in [-0.2, -0.15) is 9.37 Å². The van der Waals surface area contributed by atoms with E-state index >= 15 is 0 Å². The van der Waals surface area contributed by atoms with E-state index in [4.69, 9.17) is 4.52 Å². The van der Waals surface area contributed by atoms with Crippen molar-refractivity contribution in [2.45, 2.75) is 37.5 Å². The van der Waals surface area contributed by atoms with Crippen molar-refractivity contribution in [3.8, 4) is 0 Å². The van der Waals surface area contributed by atoms with E-state index in [1.54, 1.807) is 17.0 Å². The Bertz CT molecular complexity index is 891. The second-order valence-corrected chi connectivity index (χ2v) is 6.71. The molecule has 1 saturated heterocycles. The number of carbonyl (C=O) groups excluding carboxylic acids is 1. The highest BCUT2D eigenvalue weighted by molar-refractivity contribution is 5.93. The molecule has 3 heterocycles. The third kappa shape index (κ3) is 3.79. The van der Waals surface area contributed by atoms with Gasteiger partial charge >= 0.3 is 0 Å². The Hall–Kier alpha value is -2.90. The maximum atomic E-state index is 13.1. The van der Waals surface area contributed by atoms with E-state index in [1.807, 2.05) is 0 Å². The Balaban J connectivity index is 1.47. The molecule has 4 rings (SSSR count). The molecule has 1 aliphatic carbocycles. The Kier molecular flexibility index (Phi) is 4.79. The van der Waals surface area contributed by atoms with Crippen LogP contribution >= 0.6 is 0 Å². The molecule has 27 heavy (non-hydrogen) atoms. The van der Waals surface area contributed by atoms with Crippen molar-refractivity contribution < 1.29 is 18.1 Å². The van der Waals surface area contributed by atoms with E-state index in [0.29, 0.717) is 30.4 Å². The zero-order valence-electron chi connectivity index (χ0n) is 14.5. The second-order valence-electron chi connectivity index (χ2n) is 6.71. The number of hydrogen-bond acceptors (Lipinski definition) is 5. The van der Waals surface area contributed by atoms with Gasteiger partial charge < -0.3 is 9.42 Å². The summed E-state index contributed by atoms with van der Waals surface area (Å²) in [7, 11) is 0. The summed E-state index contributed by atoms with van der Waals surface area (Å²) < 4.78 is 31.5. The fourth-order valence-electron chi connectivity index (χ4n) is 3.41. The highest BCUT2D eigenvalue weighted by Crippen LogP contribution is 2.31. The number of rotatable bonds is 3. The molecule has 1 fully saturated rings. The van der Waals surface area contributed by atoms with Crippen LogP contribution in [0.15, 0.2) is 46.9 Å². The van der Waals surface area contributed by atoms with Gasteiger partial charge in [0.2, 0.25) is 17.7 Å². The molecule has 1 aliphatic heterocycles. The molecule has 0 bridgehead atoms. The Labute approximate surface area is 154 Å². The summed E-state index contributed by atoms with van der Waals surface area (Å²) in [5, 5.41) is 4.05. The van der Waals surface area contributed by atoms with Crippen molar-refractivity contribution in [2.24, 2.45) is 0 Å². The molecule has 0 radical (unpaired) electrons. The van der Waals surface area contributed by atoms with Crippen LogP contribution in [0.4, 0.5) is 14.5 Å². The van der Waals surface area contributed by atoms with Crippen molar-refractivity contribution in [1.29, 1.82) is 0 Å². The molecule has 2 aromatic heterocycles. The first kappa shape index (κ1) is 17.5. The van der Waals surface area contributed by atoms with Crippen LogP contribution in [0.5, 0.6) is 0 Å². The smallest absolute Gasteiger partial charge is 0.233 e. The number of amides is 1. The molecule has 1 amide bonds. The largest absolute Gasteiger partial charge is 0.339 e. The lowest BCUT2D eigenvalue weighted by molar-refractivity contribution is -0.118. The molecule has 2 aromatic rings. The molecule has 2 unspecified atom stereocenters. The monoisotopic (exact) mass is 372 g/mol. The van der Waals surface area contributed by atoms with E-state index in [-0.39, 0.29) is 30.0 Å². The van der Waals surface area contributed by atoms with E-state index < -0.39 is 5.95 Å². The summed E-state index contributed by atoms with van der Waals surface area (Å²) in [6, 6.07) is 2.79. The quantitative estimate of drug-likeness (QED) is 0.767. The highest BCUT2D eigenvalue weighted by atomic mass is 19.1. The summed E-state index contributed by atoms with van der Waals surface area (Å²) in [5.41, 5.74) is 0.581. The fraction of sp³-hybridized carbons (Fsp3) is 0.368. The number of pyridine rings is 1. The van der Waals surface area contributed by atoms with Gasteiger partial charge in [-0.15, -0.1) is 0 Å². The molecule has 140 valence electrons. The van der Waals surface area contributed by atoms with Gasteiger partial charge in [-0.25, -0.2) is 9.37 Å². The standard InChI is InChI=1S/C19H18F2N4O2/c20-14-5-3-12(4-6-14)19-23-18(24-27-19)13-2-1-9-25(17(26)10-13)15-7-8-16(21)22-11-15/h3,5-8,11-13H,1-2,4,9-10H2. The average Bonchev–Trinajstić information content (AvgIpc) is 3.08. The van der Waals surface area contributed by atoms with Crippen LogP contribution < -0.4 is 4.90 Å². The zero-order chi connectivity index (χ0) is 18.8. The third-order valence-electron chi connectivity index (χ3n) is 4.87. The average molecular weight is 372 g/mol. The number of nitrogens with zero attached hydrogens (tertiary/aromatic N) is 4. The SMILES string of the molecule is O=C1CC(c2noc(C3C=CC(F)=CC3)n2)CCCN1c1ccc(F)nc1. The van der Waals surface area contributed by atoms with Gasteiger partial charge in [-0.1, -0.05) is 11.2 Å². The third-order valence-corrected chi connectivity index (χ3v) is 4.87. The lowest BCUT2D eigenvalue weighted by atomic mass is 9.98. The van der Waals surface area contributed by atoms with Crippen molar-refractivity contribution in [2.75, 3.05) is 11.4 Å². The van der Waals surface area contributed by atoms with Crippen LogP contribution in [0, 0.1) is 5.95 Å². The minimum Gasteiger partial charge on any atom is -0.339 e. The topological polar surface area (TPSA) is 72.1 Å². The first-order chi connectivity index (χ1) is 13.1. The van der Waals surface area contributed by atoms with Crippen LogP contribution in [0.1, 0.15) is 49.2 Å². The number of aromatic nitrogens is 3. The number of carbonyl (C=O) groups is 1. The second kappa shape index (κ2) is 7.38. The van der Waals surface area contributed by atoms with Gasteiger partial charge in [0.1, 0.15) is 5.83 Å². The number of halogens is 2. The Morgan fingerprint density at radius 2 is 2.15 bits per heavy atom. The van der Waals surface area contributed by atoms with Crippen molar-refractivity contribution in [3.05, 3.63) is 60.0 Å². The maximum Gasteiger partial charge on any atom is 0.233 e.